The maximum Gasteiger partial charge on any atom is 2.00 e. The second-order valence-corrected chi connectivity index (χ2v) is 11.6. The van der Waals surface area contributed by atoms with Gasteiger partial charge in [-0.1, -0.05) is 72.8 Å². The minimum atomic E-state index is -2.34. The molecule has 0 fully saturated rings. The molecule has 0 amide bonds. The Bertz CT molecular complexity index is 2820. The zero-order valence-corrected chi connectivity index (χ0v) is 28.4. The van der Waals surface area contributed by atoms with E-state index in [0.717, 1.165) is 0 Å². The number of nitrogens with one attached hydrogen (secondary N) is 2. The van der Waals surface area contributed by atoms with E-state index >= 15 is 0 Å². The fourth-order valence-electron chi connectivity index (χ4n) is 6.72. The predicted molar refractivity (Wildman–Crippen MR) is 173 cm³/mol. The summed E-state index contributed by atoms with van der Waals surface area (Å²) >= 11 is 0. The number of aromatic carboxylic acids is 4. The minimum Gasteiger partial charge on any atom is -0.545 e. The van der Waals surface area contributed by atoms with E-state index < -0.39 is 68.2 Å². The second-order valence-electron chi connectivity index (χ2n) is 11.6. The number of carbonyl (C=O) groups excluding carboxylic acids is 4. The Labute approximate surface area is 321 Å². The summed E-state index contributed by atoms with van der Waals surface area (Å²) in [5.74, 6) is -8.77. The normalized spacial score (nSPS) is 11.3. The van der Waals surface area contributed by atoms with Gasteiger partial charge in [0, 0.05) is 66.1 Å². The number of aromatic amines is 2. The molecule has 2 N–H and O–H groups in total. The topological polar surface area (TPSA) is 269 Å². The van der Waals surface area contributed by atoms with Gasteiger partial charge < -0.3 is 49.6 Å². The van der Waals surface area contributed by atoms with Crippen LogP contribution in [0.15, 0.2) is 72.8 Å². The largest absolute Gasteiger partial charge is 2.00 e. The zero-order valence-electron chi connectivity index (χ0n) is 26.5. The average Bonchev–Trinajstić information content (AvgIpc) is 3.86. The van der Waals surface area contributed by atoms with Crippen molar-refractivity contribution in [3.05, 3.63) is 95.1 Å². The van der Waals surface area contributed by atoms with E-state index in [1.54, 1.807) is 48.5 Å². The number of carbonyl (C=O) groups is 4. The number of carboxylic acid groups (broad SMARTS) is 4. The van der Waals surface area contributed by atoms with Crippen LogP contribution in [0.1, 0.15) is 41.4 Å². The number of rotatable bonds is 4. The van der Waals surface area contributed by atoms with E-state index in [9.17, 15) is 39.6 Å². The summed E-state index contributed by atoms with van der Waals surface area (Å²) in [6, 6.07) is 21.0. The maximum atomic E-state index is 12.7. The number of nitrogens with zero attached hydrogens (tertiary/aromatic N) is 6. The Morgan fingerprint density at radius 3 is 0.981 bits per heavy atom. The van der Waals surface area contributed by atoms with Crippen LogP contribution in [-0.4, -0.2) is 63.7 Å². The van der Waals surface area contributed by atoms with Crippen LogP contribution in [0.5, 0.6) is 0 Å². The van der Waals surface area contributed by atoms with Gasteiger partial charge in [-0.15, -0.1) is 0 Å². The minimum absolute atomic E-state index is 0. The van der Waals surface area contributed by atoms with Crippen molar-refractivity contribution in [2.24, 2.45) is 0 Å². The van der Waals surface area contributed by atoms with E-state index in [0.29, 0.717) is 44.3 Å². The summed E-state index contributed by atoms with van der Waals surface area (Å²) < 4.78 is 0. The fourth-order valence-corrected chi connectivity index (χ4v) is 6.72. The Balaban J connectivity index is 0.00000225. The van der Waals surface area contributed by atoms with Gasteiger partial charge >= 0.3 is 34.1 Å². The van der Waals surface area contributed by atoms with Crippen LogP contribution in [0.3, 0.4) is 0 Å². The molecule has 4 aromatic carbocycles. The summed E-state index contributed by atoms with van der Waals surface area (Å²) in [6.07, 6.45) is 0. The molecule has 18 heteroatoms. The smallest absolute Gasteiger partial charge is 0.545 e. The molecule has 2 aliphatic heterocycles. The van der Waals surface area contributed by atoms with Crippen molar-refractivity contribution in [1.82, 2.24) is 39.9 Å². The van der Waals surface area contributed by atoms with Crippen molar-refractivity contribution >= 4 is 68.0 Å². The van der Waals surface area contributed by atoms with Crippen molar-refractivity contribution in [2.75, 3.05) is 0 Å². The van der Waals surface area contributed by atoms with E-state index in [1.165, 1.54) is 0 Å². The van der Waals surface area contributed by atoms with E-state index in [1.807, 2.05) is 24.3 Å². The van der Waals surface area contributed by atoms with Crippen molar-refractivity contribution in [3.63, 3.8) is 0 Å². The first-order valence-corrected chi connectivity index (χ1v) is 15.3. The number of hydrogen-bond donors (Lipinski definition) is 2. The van der Waals surface area contributed by atoms with E-state index in [2.05, 4.69) is 29.9 Å². The number of H-pyrrole nitrogens is 2. The average molecular weight is 814 g/mol. The first-order valence-electron chi connectivity index (χ1n) is 15.3. The Kier molecular flexibility index (Phi) is 8.55. The zero-order chi connectivity index (χ0) is 36.0. The number of benzene rings is 4. The molecule has 0 saturated carbocycles. The van der Waals surface area contributed by atoms with Crippen LogP contribution in [0.25, 0.3) is 89.7 Å². The second kappa shape index (κ2) is 13.0. The van der Waals surface area contributed by atoms with Gasteiger partial charge in [0.05, 0.1) is 23.9 Å². The Hall–Kier alpha value is -6.84. The summed E-state index contributed by atoms with van der Waals surface area (Å²) in [6.45, 7) is 0. The molecule has 54 heavy (non-hydrogen) atoms. The molecular weight excluding hydrogens is 800 g/mol. The Morgan fingerprint density at radius 1 is 0.389 bits per heavy atom. The van der Waals surface area contributed by atoms with Crippen molar-refractivity contribution in [3.8, 4) is 45.6 Å². The monoisotopic (exact) mass is 812 g/mol. The molecule has 5 heterocycles. The third-order valence-corrected chi connectivity index (χ3v) is 8.81. The summed E-state index contributed by atoms with van der Waals surface area (Å²) in [4.78, 5) is 84.3. The van der Waals surface area contributed by atoms with E-state index in [-0.39, 0.29) is 57.4 Å². The summed E-state index contributed by atoms with van der Waals surface area (Å²) in [5.41, 5.74) is -3.81. The van der Waals surface area contributed by atoms with Crippen LogP contribution in [0.2, 0.25) is 0 Å². The first-order chi connectivity index (χ1) is 25.1. The van der Waals surface area contributed by atoms with Crippen molar-refractivity contribution in [2.45, 2.75) is 0 Å². The van der Waals surface area contributed by atoms with E-state index in [4.69, 9.17) is 9.97 Å². The standard InChI is InChI=1S/C36H18N8O8.2Cu/c45-33(46)21-19-20(22(34(47)48)24(36(51)52)23(21)35(49)50)32-43-30-18-12-6-4-10-16(18)28(41-30)39-26-14-8-2-1-7-13(14)25(37-26)38-27-15-9-3-5-11-17(15)29(40-27)42-31(19)44-32;;/h1-12H,(H,45,46)(H,47,48)(H,49,50)(H,51,52)(H2,37,38,39,40,41,42,43,44);;/q;2*+2/p-4. The van der Waals surface area contributed by atoms with Gasteiger partial charge in [-0.3, -0.25) is 0 Å². The molecule has 9 rings (SSSR count). The first kappa shape index (κ1) is 35.6. The molecule has 0 unspecified atom stereocenters. The van der Waals surface area contributed by atoms with Gasteiger partial charge in [-0.05, 0) is 0 Å². The molecule has 0 spiro atoms. The fraction of sp³-hybridized carbons (Fsp3) is 0. The molecule has 268 valence electrons. The predicted octanol–water partition coefficient (Wildman–Crippen LogP) is 0.318. The molecule has 16 nitrogen and oxygen atoms in total. The molecular formula is C36H14Cu2N8O8. The molecule has 0 saturated heterocycles. The summed E-state index contributed by atoms with van der Waals surface area (Å²) in [7, 11) is 0. The molecule has 0 atom stereocenters. The maximum absolute atomic E-state index is 12.7. The van der Waals surface area contributed by atoms with Gasteiger partial charge in [-0.2, -0.15) is 0 Å². The molecule has 0 aliphatic carbocycles. The van der Waals surface area contributed by atoms with Gasteiger partial charge in [-0.25, -0.2) is 29.9 Å². The van der Waals surface area contributed by atoms with Gasteiger partial charge in [0.2, 0.25) is 0 Å². The number of hydrogen-bond acceptors (Lipinski definition) is 14. The van der Waals surface area contributed by atoms with Crippen LogP contribution < -0.4 is 20.4 Å². The molecule has 2 aliphatic rings. The van der Waals surface area contributed by atoms with Crippen LogP contribution in [0.4, 0.5) is 0 Å². The molecule has 7 aromatic rings. The number of fused-ring (bicyclic) bond motifs is 20. The quantitative estimate of drug-likeness (QED) is 0.227. The molecule has 3 aromatic heterocycles. The van der Waals surface area contributed by atoms with Crippen molar-refractivity contribution in [1.29, 1.82) is 0 Å². The number of aromatic nitrogens is 8. The third kappa shape index (κ3) is 5.20. The van der Waals surface area contributed by atoms with Crippen LogP contribution >= 0.6 is 0 Å². The van der Waals surface area contributed by atoms with Gasteiger partial charge in [0.25, 0.3) is 0 Å². The Morgan fingerprint density at radius 2 is 0.667 bits per heavy atom. The van der Waals surface area contributed by atoms with Gasteiger partial charge in [0.1, 0.15) is 22.6 Å². The van der Waals surface area contributed by atoms with Crippen LogP contribution in [0, 0.1) is 0 Å². The van der Waals surface area contributed by atoms with Gasteiger partial charge in [0.15, 0.2) is 23.3 Å². The summed E-state index contributed by atoms with van der Waals surface area (Å²) in [5, 5.41) is 50.3. The van der Waals surface area contributed by atoms with Crippen molar-refractivity contribution < 1.29 is 73.7 Å². The van der Waals surface area contributed by atoms with Crippen LogP contribution in [-0.2, 0) is 34.1 Å². The third-order valence-electron chi connectivity index (χ3n) is 8.81. The molecule has 8 bridgehead atoms. The number of carboxylic acids is 4. The molecule has 2 radical (unpaired) electrons. The SMILES string of the molecule is O=C([O-])c1c(C(=O)[O-])c(C(=O)[O-])c2c3nc4nc(nc5[nH]c(nc6nc(nc([nH]3)c2c1C(=O)[O-])-c1ccccc1-6)c1ccccc51)-c1ccccc1-4.[Cu+2].[Cu+2].